The van der Waals surface area contributed by atoms with Crippen molar-refractivity contribution < 1.29 is 23.7 Å². The van der Waals surface area contributed by atoms with Crippen LogP contribution in [0.1, 0.15) is 11.1 Å². The number of rotatable bonds is 12. The fourth-order valence-electron chi connectivity index (χ4n) is 2.63. The zero-order chi connectivity index (χ0) is 19.7. The lowest BCUT2D eigenvalue weighted by atomic mass is 10.2. The van der Waals surface area contributed by atoms with Crippen molar-refractivity contribution in [3.8, 4) is 11.5 Å². The zero-order valence-electron chi connectivity index (χ0n) is 16.4. The van der Waals surface area contributed by atoms with Gasteiger partial charge in [0.25, 0.3) is 0 Å². The molecule has 2 aromatic carbocycles. The van der Waals surface area contributed by atoms with Crippen molar-refractivity contribution >= 4 is 12.2 Å². The highest BCUT2D eigenvalue weighted by molar-refractivity contribution is 5.51. The summed E-state index contributed by atoms with van der Waals surface area (Å²) in [6, 6.07) is 16.0. The van der Waals surface area contributed by atoms with Gasteiger partial charge < -0.3 is 23.7 Å². The maximum absolute atomic E-state index is 5.63. The summed E-state index contributed by atoms with van der Waals surface area (Å²) >= 11 is 0. The van der Waals surface area contributed by atoms with Crippen LogP contribution < -0.4 is 9.47 Å². The molecule has 0 bridgehead atoms. The third kappa shape index (κ3) is 7.38. The molecule has 0 radical (unpaired) electrons. The van der Waals surface area contributed by atoms with Crippen LogP contribution >= 0.6 is 0 Å². The SMILES string of the molecule is C(=Cc1ccc(OCC2CO2)cc1)COCC=Cc1ccc(OCC2CO2)cc1. The highest BCUT2D eigenvalue weighted by Crippen LogP contribution is 2.17. The van der Waals surface area contributed by atoms with Gasteiger partial charge in [0.05, 0.1) is 26.4 Å². The quantitative estimate of drug-likeness (QED) is 0.403. The average Bonchev–Trinajstić information content (AvgIpc) is 3.67. The van der Waals surface area contributed by atoms with E-state index in [0.29, 0.717) is 26.4 Å². The zero-order valence-corrected chi connectivity index (χ0v) is 16.4. The minimum atomic E-state index is 0.279. The third-order valence-corrected chi connectivity index (χ3v) is 4.49. The maximum atomic E-state index is 5.63. The van der Waals surface area contributed by atoms with E-state index in [1.807, 2.05) is 72.8 Å². The van der Waals surface area contributed by atoms with Gasteiger partial charge in [-0.25, -0.2) is 0 Å². The summed E-state index contributed by atoms with van der Waals surface area (Å²) in [7, 11) is 0. The minimum absolute atomic E-state index is 0.279. The Balaban J connectivity index is 1.10. The molecule has 0 aliphatic carbocycles. The van der Waals surface area contributed by atoms with Crippen LogP contribution in [0.4, 0.5) is 0 Å². The Labute approximate surface area is 171 Å². The summed E-state index contributed by atoms with van der Waals surface area (Å²) in [5.41, 5.74) is 2.24. The normalized spacial score (nSPS) is 20.3. The minimum Gasteiger partial charge on any atom is -0.491 e. The van der Waals surface area contributed by atoms with Crippen molar-refractivity contribution in [1.29, 1.82) is 0 Å². The van der Waals surface area contributed by atoms with E-state index in [2.05, 4.69) is 0 Å². The average molecular weight is 394 g/mol. The van der Waals surface area contributed by atoms with Crippen molar-refractivity contribution in [3.05, 3.63) is 71.8 Å². The fourth-order valence-corrected chi connectivity index (χ4v) is 2.63. The van der Waals surface area contributed by atoms with Gasteiger partial charge in [-0.05, 0) is 35.4 Å². The molecule has 2 saturated heterocycles. The summed E-state index contributed by atoms with van der Waals surface area (Å²) in [6.07, 6.45) is 8.67. The molecule has 2 atom stereocenters. The van der Waals surface area contributed by atoms with Gasteiger partial charge in [0.1, 0.15) is 36.9 Å². The monoisotopic (exact) mass is 394 g/mol. The predicted molar refractivity (Wildman–Crippen MR) is 112 cm³/mol. The van der Waals surface area contributed by atoms with Gasteiger partial charge in [0.15, 0.2) is 0 Å². The Hall–Kier alpha value is -2.60. The molecule has 0 aromatic heterocycles. The molecule has 2 heterocycles. The second kappa shape index (κ2) is 10.3. The molecular formula is C24H26O5. The lowest BCUT2D eigenvalue weighted by molar-refractivity contribution is 0.195. The van der Waals surface area contributed by atoms with E-state index in [1.165, 1.54) is 0 Å². The number of epoxide rings is 2. The second-order valence-electron chi connectivity index (χ2n) is 7.01. The first-order chi connectivity index (χ1) is 14.3. The Kier molecular flexibility index (Phi) is 6.97. The molecule has 2 aliphatic rings. The standard InChI is InChI=1S/C24H26O5/c1(3-19-5-9-21(10-6-19)26-15-23-17-28-23)13-25-14-2-4-20-7-11-22(12-8-20)27-16-24-18-29-24/h1-12,23-24H,13-18H2. The van der Waals surface area contributed by atoms with Crippen molar-refractivity contribution in [3.63, 3.8) is 0 Å². The van der Waals surface area contributed by atoms with E-state index < -0.39 is 0 Å². The van der Waals surface area contributed by atoms with E-state index in [9.17, 15) is 0 Å². The molecule has 0 saturated carbocycles. The highest BCUT2D eigenvalue weighted by Gasteiger charge is 2.23. The maximum Gasteiger partial charge on any atom is 0.119 e. The lowest BCUT2D eigenvalue weighted by Gasteiger charge is -2.04. The predicted octanol–water partition coefficient (Wildman–Crippen LogP) is 3.99. The van der Waals surface area contributed by atoms with Crippen LogP contribution in [-0.4, -0.2) is 51.8 Å². The van der Waals surface area contributed by atoms with Gasteiger partial charge in [-0.1, -0.05) is 48.6 Å². The first kappa shape index (κ1) is 19.7. The fraction of sp³-hybridized carbons (Fsp3) is 0.333. The smallest absolute Gasteiger partial charge is 0.119 e. The van der Waals surface area contributed by atoms with Crippen molar-refractivity contribution in [2.45, 2.75) is 12.2 Å². The van der Waals surface area contributed by atoms with Crippen molar-refractivity contribution in [1.82, 2.24) is 0 Å². The lowest BCUT2D eigenvalue weighted by Crippen LogP contribution is -2.03. The number of hydrogen-bond donors (Lipinski definition) is 0. The van der Waals surface area contributed by atoms with Crippen molar-refractivity contribution in [2.24, 2.45) is 0 Å². The van der Waals surface area contributed by atoms with Gasteiger partial charge in [0, 0.05) is 0 Å². The molecule has 4 rings (SSSR count). The third-order valence-electron chi connectivity index (χ3n) is 4.49. The molecule has 0 spiro atoms. The van der Waals surface area contributed by atoms with Crippen LogP contribution in [0.5, 0.6) is 11.5 Å². The van der Waals surface area contributed by atoms with Crippen LogP contribution in [0.25, 0.3) is 12.2 Å². The van der Waals surface area contributed by atoms with Gasteiger partial charge >= 0.3 is 0 Å². The second-order valence-corrected chi connectivity index (χ2v) is 7.01. The van der Waals surface area contributed by atoms with Crippen LogP contribution in [-0.2, 0) is 14.2 Å². The molecule has 2 unspecified atom stereocenters. The van der Waals surface area contributed by atoms with Crippen LogP contribution in [0.15, 0.2) is 60.7 Å². The summed E-state index contributed by atoms with van der Waals surface area (Å²) in [4.78, 5) is 0. The van der Waals surface area contributed by atoms with E-state index in [4.69, 9.17) is 23.7 Å². The summed E-state index contributed by atoms with van der Waals surface area (Å²) < 4.78 is 27.1. The van der Waals surface area contributed by atoms with Crippen molar-refractivity contribution in [2.75, 3.05) is 39.6 Å². The van der Waals surface area contributed by atoms with E-state index in [0.717, 1.165) is 35.8 Å². The summed E-state index contributed by atoms with van der Waals surface area (Å²) in [6.45, 7) is 4.02. The van der Waals surface area contributed by atoms with E-state index >= 15 is 0 Å². The topological polar surface area (TPSA) is 52.8 Å². The molecule has 2 aliphatic heterocycles. The Bertz CT molecular complexity index is 733. The molecule has 152 valence electrons. The van der Waals surface area contributed by atoms with Gasteiger partial charge in [-0.3, -0.25) is 0 Å². The van der Waals surface area contributed by atoms with Crippen LogP contribution in [0.3, 0.4) is 0 Å². The molecule has 29 heavy (non-hydrogen) atoms. The number of hydrogen-bond acceptors (Lipinski definition) is 5. The molecule has 0 amide bonds. The Morgan fingerprint density at radius 1 is 0.690 bits per heavy atom. The van der Waals surface area contributed by atoms with Crippen LogP contribution in [0.2, 0.25) is 0 Å². The van der Waals surface area contributed by atoms with E-state index in [1.54, 1.807) is 0 Å². The Morgan fingerprint density at radius 2 is 1.10 bits per heavy atom. The molecule has 2 fully saturated rings. The van der Waals surface area contributed by atoms with Gasteiger partial charge in [-0.15, -0.1) is 0 Å². The molecule has 2 aromatic rings. The Morgan fingerprint density at radius 3 is 1.48 bits per heavy atom. The number of ether oxygens (including phenoxy) is 5. The van der Waals surface area contributed by atoms with E-state index in [-0.39, 0.29) is 12.2 Å². The largest absolute Gasteiger partial charge is 0.491 e. The first-order valence-electron chi connectivity index (χ1n) is 9.95. The number of benzene rings is 2. The molecule has 0 N–H and O–H groups in total. The van der Waals surface area contributed by atoms with Gasteiger partial charge in [-0.2, -0.15) is 0 Å². The van der Waals surface area contributed by atoms with Gasteiger partial charge in [0.2, 0.25) is 0 Å². The summed E-state index contributed by atoms with van der Waals surface area (Å²) in [5.74, 6) is 1.74. The first-order valence-corrected chi connectivity index (χ1v) is 9.95. The highest BCUT2D eigenvalue weighted by atomic mass is 16.6. The molecule has 5 nitrogen and oxygen atoms in total. The molecular weight excluding hydrogens is 368 g/mol. The van der Waals surface area contributed by atoms with Crippen LogP contribution in [0, 0.1) is 0 Å². The summed E-state index contributed by atoms with van der Waals surface area (Å²) in [5, 5.41) is 0. The molecule has 5 heteroatoms.